The summed E-state index contributed by atoms with van der Waals surface area (Å²) in [6.45, 7) is 0.196. The number of amides is 2. The number of hydrogen-bond donors (Lipinski definition) is 1. The molecule has 0 saturated carbocycles. The van der Waals surface area contributed by atoms with Gasteiger partial charge >= 0.3 is 0 Å². The van der Waals surface area contributed by atoms with E-state index >= 15 is 0 Å². The lowest BCUT2D eigenvalue weighted by Gasteiger charge is -2.32. The fourth-order valence-corrected chi connectivity index (χ4v) is 3.52. The lowest BCUT2D eigenvalue weighted by atomic mass is 10.0. The minimum atomic E-state index is -0.756. The molecular formula is C21H17BrIN3O2. The Bertz CT molecular complexity index is 996. The van der Waals surface area contributed by atoms with E-state index in [1.807, 2.05) is 83.6 Å². The Labute approximate surface area is 188 Å². The van der Waals surface area contributed by atoms with Crippen LogP contribution in [0, 0.1) is 0 Å². The highest BCUT2D eigenvalue weighted by molar-refractivity contribution is 9.10. The SMILES string of the molecule is O=C(Nc1ccccc1)C1c2cccc[n+]2CC(=O)N1c1ccc(Br)cc1.[I-]. The normalized spacial score (nSPS) is 15.4. The summed E-state index contributed by atoms with van der Waals surface area (Å²) in [5.74, 6) is -0.383. The number of carbonyl (C=O) groups is 2. The highest BCUT2D eigenvalue weighted by atomic mass is 127. The van der Waals surface area contributed by atoms with Gasteiger partial charge in [0.05, 0.1) is 0 Å². The summed E-state index contributed by atoms with van der Waals surface area (Å²) >= 11 is 3.41. The highest BCUT2D eigenvalue weighted by Crippen LogP contribution is 2.30. The molecule has 7 heteroatoms. The first kappa shape index (κ1) is 20.5. The first-order valence-corrected chi connectivity index (χ1v) is 9.35. The van der Waals surface area contributed by atoms with E-state index in [0.29, 0.717) is 11.4 Å². The number of pyridine rings is 1. The predicted octanol–water partition coefficient (Wildman–Crippen LogP) is 0.467. The summed E-state index contributed by atoms with van der Waals surface area (Å²) in [5, 5.41) is 2.93. The number of benzene rings is 2. The smallest absolute Gasteiger partial charge is 0.294 e. The number of halogens is 2. The maximum absolute atomic E-state index is 13.2. The van der Waals surface area contributed by atoms with E-state index in [0.717, 1.165) is 10.2 Å². The van der Waals surface area contributed by atoms with Crippen LogP contribution in [-0.4, -0.2) is 11.8 Å². The van der Waals surface area contributed by atoms with Crippen LogP contribution in [0.3, 0.4) is 0 Å². The van der Waals surface area contributed by atoms with Gasteiger partial charge in [-0.2, -0.15) is 4.57 Å². The summed E-state index contributed by atoms with van der Waals surface area (Å²) in [4.78, 5) is 27.7. The van der Waals surface area contributed by atoms with Crippen LogP contribution in [0.1, 0.15) is 11.7 Å². The monoisotopic (exact) mass is 549 g/mol. The molecule has 0 saturated heterocycles. The molecule has 2 aromatic carbocycles. The van der Waals surface area contributed by atoms with Gasteiger partial charge in [-0.15, -0.1) is 0 Å². The van der Waals surface area contributed by atoms with Gasteiger partial charge in [-0.25, -0.2) is 0 Å². The molecule has 4 rings (SSSR count). The largest absolute Gasteiger partial charge is 1.00 e. The Morgan fingerprint density at radius 1 is 1.00 bits per heavy atom. The van der Waals surface area contributed by atoms with E-state index in [1.54, 1.807) is 4.90 Å². The van der Waals surface area contributed by atoms with Crippen molar-refractivity contribution < 1.29 is 38.1 Å². The molecule has 1 aliphatic rings. The fraction of sp³-hybridized carbons (Fsp3) is 0.0952. The quantitative estimate of drug-likeness (QED) is 0.381. The Hall–Kier alpha value is -2.26. The van der Waals surface area contributed by atoms with Crippen LogP contribution in [0.2, 0.25) is 0 Å². The second-order valence-corrected chi connectivity index (χ2v) is 7.17. The third kappa shape index (κ3) is 4.10. The Morgan fingerprint density at radius 3 is 2.39 bits per heavy atom. The number of fused-ring (bicyclic) bond motifs is 1. The Morgan fingerprint density at radius 2 is 1.68 bits per heavy atom. The molecule has 28 heavy (non-hydrogen) atoms. The van der Waals surface area contributed by atoms with Gasteiger partial charge < -0.3 is 29.3 Å². The number of carbonyl (C=O) groups excluding carboxylic acids is 2. The average Bonchev–Trinajstić information content (AvgIpc) is 2.68. The van der Waals surface area contributed by atoms with Crippen molar-refractivity contribution >= 4 is 39.1 Å². The fourth-order valence-electron chi connectivity index (χ4n) is 3.26. The van der Waals surface area contributed by atoms with Crippen molar-refractivity contribution in [2.45, 2.75) is 12.6 Å². The van der Waals surface area contributed by atoms with Gasteiger partial charge in [0.15, 0.2) is 6.20 Å². The zero-order valence-electron chi connectivity index (χ0n) is 14.8. The maximum Gasteiger partial charge on any atom is 0.294 e. The molecule has 2 amide bonds. The molecule has 0 fully saturated rings. The minimum Gasteiger partial charge on any atom is -1.00 e. The van der Waals surface area contributed by atoms with Gasteiger partial charge in [-0.1, -0.05) is 40.2 Å². The molecule has 0 aliphatic carbocycles. The third-order valence-electron chi connectivity index (χ3n) is 4.48. The molecule has 0 radical (unpaired) electrons. The van der Waals surface area contributed by atoms with Crippen LogP contribution in [0.25, 0.3) is 0 Å². The second kappa shape index (κ2) is 8.83. The number of aromatic nitrogens is 1. The zero-order valence-corrected chi connectivity index (χ0v) is 18.5. The van der Waals surface area contributed by atoms with E-state index in [9.17, 15) is 9.59 Å². The van der Waals surface area contributed by atoms with Crippen LogP contribution >= 0.6 is 15.9 Å². The van der Waals surface area contributed by atoms with Crippen LogP contribution in [0.4, 0.5) is 11.4 Å². The minimum absolute atomic E-state index is 0. The van der Waals surface area contributed by atoms with Gasteiger partial charge in [-0.05, 0) is 36.4 Å². The molecule has 3 aromatic rings. The van der Waals surface area contributed by atoms with Gasteiger partial charge in [-0.3, -0.25) is 14.5 Å². The van der Waals surface area contributed by atoms with Crippen molar-refractivity contribution in [2.75, 3.05) is 10.2 Å². The van der Waals surface area contributed by atoms with Crippen LogP contribution in [0.15, 0.2) is 83.5 Å². The number of anilines is 2. The first-order valence-electron chi connectivity index (χ1n) is 8.55. The molecule has 0 bridgehead atoms. The molecule has 142 valence electrons. The van der Waals surface area contributed by atoms with E-state index < -0.39 is 6.04 Å². The van der Waals surface area contributed by atoms with Crippen LogP contribution < -0.4 is 38.8 Å². The zero-order chi connectivity index (χ0) is 18.8. The van der Waals surface area contributed by atoms with Gasteiger partial charge in [0.1, 0.15) is 0 Å². The van der Waals surface area contributed by atoms with E-state index in [-0.39, 0.29) is 42.3 Å². The van der Waals surface area contributed by atoms with E-state index in [4.69, 9.17) is 0 Å². The molecule has 0 spiro atoms. The molecule has 1 aromatic heterocycles. The average molecular weight is 550 g/mol. The standard InChI is InChI=1S/C21H16BrN3O2.HI/c22-15-9-11-17(12-10-15)25-19(26)14-24-13-5-4-8-18(24)20(25)21(27)23-16-6-2-1-3-7-16;/h1-13,20H,14H2;1H. The van der Waals surface area contributed by atoms with Gasteiger partial charge in [0, 0.05) is 28.0 Å². The van der Waals surface area contributed by atoms with Crippen molar-refractivity contribution in [3.8, 4) is 0 Å². The number of rotatable bonds is 3. The summed E-state index contributed by atoms with van der Waals surface area (Å²) in [6, 6.07) is 21.5. The van der Waals surface area contributed by atoms with Crippen LogP contribution in [0.5, 0.6) is 0 Å². The topological polar surface area (TPSA) is 53.3 Å². The number of para-hydroxylation sites is 1. The molecule has 1 unspecified atom stereocenters. The summed E-state index contributed by atoms with van der Waals surface area (Å²) in [5.41, 5.74) is 2.15. The van der Waals surface area contributed by atoms with Crippen molar-refractivity contribution in [1.29, 1.82) is 0 Å². The molecule has 1 atom stereocenters. The van der Waals surface area contributed by atoms with E-state index in [2.05, 4.69) is 21.2 Å². The molecule has 2 heterocycles. The Balaban J connectivity index is 0.00000225. The van der Waals surface area contributed by atoms with Gasteiger partial charge in [0.25, 0.3) is 11.8 Å². The molecule has 1 aliphatic heterocycles. The Kier molecular flexibility index (Phi) is 6.46. The lowest BCUT2D eigenvalue weighted by Crippen LogP contribution is -3.00. The second-order valence-electron chi connectivity index (χ2n) is 6.25. The summed E-state index contributed by atoms with van der Waals surface area (Å²) in [7, 11) is 0. The number of nitrogens with one attached hydrogen (secondary N) is 1. The van der Waals surface area contributed by atoms with Crippen molar-refractivity contribution in [2.24, 2.45) is 0 Å². The van der Waals surface area contributed by atoms with Crippen molar-refractivity contribution in [3.05, 3.63) is 89.2 Å². The molecular weight excluding hydrogens is 533 g/mol. The summed E-state index contributed by atoms with van der Waals surface area (Å²) < 4.78 is 2.74. The summed E-state index contributed by atoms with van der Waals surface area (Å²) in [6.07, 6.45) is 1.83. The number of hydrogen-bond acceptors (Lipinski definition) is 2. The molecule has 5 nitrogen and oxygen atoms in total. The van der Waals surface area contributed by atoms with Crippen LogP contribution in [-0.2, 0) is 16.1 Å². The number of nitrogens with zero attached hydrogens (tertiary/aromatic N) is 2. The molecule has 1 N–H and O–H groups in total. The first-order chi connectivity index (χ1) is 13.1. The van der Waals surface area contributed by atoms with E-state index in [1.165, 1.54) is 0 Å². The predicted molar refractivity (Wildman–Crippen MR) is 106 cm³/mol. The maximum atomic E-state index is 13.2. The van der Waals surface area contributed by atoms with Crippen molar-refractivity contribution in [3.63, 3.8) is 0 Å². The van der Waals surface area contributed by atoms with Gasteiger partial charge in [0.2, 0.25) is 18.3 Å². The third-order valence-corrected chi connectivity index (χ3v) is 5.01. The highest BCUT2D eigenvalue weighted by Gasteiger charge is 2.43. The lowest BCUT2D eigenvalue weighted by molar-refractivity contribution is -0.695. The van der Waals surface area contributed by atoms with Crippen molar-refractivity contribution in [1.82, 2.24) is 0 Å².